The molecule has 0 aliphatic heterocycles. The lowest BCUT2D eigenvalue weighted by atomic mass is 9.83. The van der Waals surface area contributed by atoms with Crippen LogP contribution in [0.4, 0.5) is 0 Å². The van der Waals surface area contributed by atoms with Crippen LogP contribution in [0.3, 0.4) is 0 Å². The van der Waals surface area contributed by atoms with Crippen molar-refractivity contribution in [1.29, 1.82) is 5.26 Å². The second-order valence-electron chi connectivity index (χ2n) is 5.10. The Hall–Kier alpha value is -0.690. The first-order valence-electron chi connectivity index (χ1n) is 6.64. The molecule has 0 spiro atoms. The van der Waals surface area contributed by atoms with E-state index in [9.17, 15) is 5.26 Å². The fourth-order valence-electron chi connectivity index (χ4n) is 2.55. The van der Waals surface area contributed by atoms with Gasteiger partial charge >= 0.3 is 0 Å². The van der Waals surface area contributed by atoms with Gasteiger partial charge in [-0.15, -0.1) is 0 Å². The standard InChI is InChI=1S/C15H19ClN2S/c1-18-15(11-17)8-2-3-14(9-15)19-10-12-4-6-13(16)7-5-12/h4-7,14,18H,2-3,8-10H2,1H3. The largest absolute Gasteiger partial charge is 0.302 e. The number of halogens is 1. The van der Waals surface area contributed by atoms with Crippen LogP contribution < -0.4 is 5.32 Å². The number of nitrogens with one attached hydrogen (secondary N) is 1. The van der Waals surface area contributed by atoms with Crippen LogP contribution in [-0.2, 0) is 5.75 Å². The Morgan fingerprint density at radius 3 is 2.84 bits per heavy atom. The Balaban J connectivity index is 1.89. The summed E-state index contributed by atoms with van der Waals surface area (Å²) in [5.41, 5.74) is 0.989. The van der Waals surface area contributed by atoms with E-state index in [1.165, 1.54) is 12.0 Å². The highest BCUT2D eigenvalue weighted by Gasteiger charge is 2.35. The van der Waals surface area contributed by atoms with E-state index in [1.54, 1.807) is 0 Å². The van der Waals surface area contributed by atoms with Gasteiger partial charge in [-0.1, -0.05) is 23.7 Å². The van der Waals surface area contributed by atoms with Crippen LogP contribution in [0.2, 0.25) is 5.02 Å². The second kappa shape index (κ2) is 6.65. The third-order valence-corrected chi connectivity index (χ3v) is 5.42. The summed E-state index contributed by atoms with van der Waals surface area (Å²) in [7, 11) is 1.90. The molecule has 0 aromatic heterocycles. The first-order chi connectivity index (χ1) is 9.17. The molecule has 19 heavy (non-hydrogen) atoms. The van der Waals surface area contributed by atoms with Gasteiger partial charge in [0, 0.05) is 16.0 Å². The molecule has 1 aromatic rings. The maximum Gasteiger partial charge on any atom is 0.107 e. The van der Waals surface area contributed by atoms with Crippen LogP contribution in [0.15, 0.2) is 24.3 Å². The third-order valence-electron chi connectivity index (χ3n) is 3.80. The molecule has 4 heteroatoms. The molecular formula is C15H19ClN2S. The number of benzene rings is 1. The first-order valence-corrected chi connectivity index (χ1v) is 8.06. The quantitative estimate of drug-likeness (QED) is 0.912. The lowest BCUT2D eigenvalue weighted by Gasteiger charge is -2.35. The van der Waals surface area contributed by atoms with Crippen LogP contribution >= 0.6 is 23.4 Å². The maximum absolute atomic E-state index is 9.34. The van der Waals surface area contributed by atoms with Crippen molar-refractivity contribution in [2.75, 3.05) is 7.05 Å². The Kier molecular flexibility index (Phi) is 5.15. The summed E-state index contributed by atoms with van der Waals surface area (Å²) in [5.74, 6) is 0.993. The van der Waals surface area contributed by atoms with E-state index in [1.807, 2.05) is 30.9 Å². The lowest BCUT2D eigenvalue weighted by Crippen LogP contribution is -2.46. The van der Waals surface area contributed by atoms with Crippen molar-refractivity contribution < 1.29 is 0 Å². The van der Waals surface area contributed by atoms with Gasteiger partial charge in [0.2, 0.25) is 0 Å². The fourth-order valence-corrected chi connectivity index (χ4v) is 4.03. The van der Waals surface area contributed by atoms with Gasteiger partial charge in [0.25, 0.3) is 0 Å². The van der Waals surface area contributed by atoms with Gasteiger partial charge in [-0.2, -0.15) is 17.0 Å². The summed E-state index contributed by atoms with van der Waals surface area (Å²) in [6.07, 6.45) is 4.26. The van der Waals surface area contributed by atoms with Crippen LogP contribution in [0, 0.1) is 11.3 Å². The topological polar surface area (TPSA) is 35.8 Å². The molecule has 1 aliphatic carbocycles. The highest BCUT2D eigenvalue weighted by atomic mass is 35.5. The minimum atomic E-state index is -0.310. The number of hydrogen-bond acceptors (Lipinski definition) is 3. The lowest BCUT2D eigenvalue weighted by molar-refractivity contribution is 0.323. The number of hydrogen-bond donors (Lipinski definition) is 1. The third kappa shape index (κ3) is 3.89. The van der Waals surface area contributed by atoms with Gasteiger partial charge < -0.3 is 5.32 Å². The molecule has 0 amide bonds. The van der Waals surface area contributed by atoms with E-state index in [-0.39, 0.29) is 5.54 Å². The van der Waals surface area contributed by atoms with Gasteiger partial charge in [-0.3, -0.25) is 0 Å². The van der Waals surface area contributed by atoms with Crippen molar-refractivity contribution in [3.63, 3.8) is 0 Å². The van der Waals surface area contributed by atoms with Crippen molar-refractivity contribution >= 4 is 23.4 Å². The minimum absolute atomic E-state index is 0.310. The molecule has 2 unspecified atom stereocenters. The van der Waals surface area contributed by atoms with E-state index in [2.05, 4.69) is 23.5 Å². The van der Waals surface area contributed by atoms with Crippen LogP contribution in [0.25, 0.3) is 0 Å². The van der Waals surface area contributed by atoms with Gasteiger partial charge in [0.05, 0.1) is 6.07 Å². The molecule has 1 N–H and O–H groups in total. The van der Waals surface area contributed by atoms with Crippen molar-refractivity contribution in [3.05, 3.63) is 34.9 Å². The minimum Gasteiger partial charge on any atom is -0.302 e. The number of nitriles is 1. The van der Waals surface area contributed by atoms with Gasteiger partial charge in [0.1, 0.15) is 5.54 Å². The van der Waals surface area contributed by atoms with Crippen LogP contribution in [-0.4, -0.2) is 17.8 Å². The number of thioether (sulfide) groups is 1. The Bertz CT molecular complexity index is 454. The molecule has 2 rings (SSSR count). The van der Waals surface area contributed by atoms with E-state index in [0.717, 1.165) is 30.0 Å². The van der Waals surface area contributed by atoms with Crippen LogP contribution in [0.5, 0.6) is 0 Å². The summed E-state index contributed by atoms with van der Waals surface area (Å²) in [6, 6.07) is 10.5. The van der Waals surface area contributed by atoms with Gasteiger partial charge in [0.15, 0.2) is 0 Å². The molecule has 2 atom stereocenters. The zero-order chi connectivity index (χ0) is 13.7. The summed E-state index contributed by atoms with van der Waals surface area (Å²) in [5, 5.41) is 13.9. The molecule has 1 fully saturated rings. The smallest absolute Gasteiger partial charge is 0.107 e. The molecule has 2 nitrogen and oxygen atoms in total. The molecule has 0 saturated heterocycles. The van der Waals surface area contributed by atoms with Crippen molar-refractivity contribution in [2.24, 2.45) is 0 Å². The highest BCUT2D eigenvalue weighted by Crippen LogP contribution is 2.35. The van der Waals surface area contributed by atoms with Crippen LogP contribution in [0.1, 0.15) is 31.2 Å². The predicted octanol–water partition coefficient (Wildman–Crippen LogP) is 4.00. The van der Waals surface area contributed by atoms with E-state index in [0.29, 0.717) is 5.25 Å². The van der Waals surface area contributed by atoms with E-state index in [4.69, 9.17) is 11.6 Å². The molecule has 102 valence electrons. The zero-order valence-corrected chi connectivity index (χ0v) is 12.7. The Morgan fingerprint density at radius 2 is 2.21 bits per heavy atom. The molecule has 1 saturated carbocycles. The van der Waals surface area contributed by atoms with E-state index >= 15 is 0 Å². The SMILES string of the molecule is CNC1(C#N)CCCC(SCc2ccc(Cl)cc2)C1. The summed E-state index contributed by atoms with van der Waals surface area (Å²) in [4.78, 5) is 0. The van der Waals surface area contributed by atoms with Gasteiger partial charge in [-0.05, 0) is 50.4 Å². The molecule has 1 aliphatic rings. The number of rotatable bonds is 4. The first kappa shape index (κ1) is 14.7. The normalized spacial score (nSPS) is 26.9. The average molecular weight is 295 g/mol. The predicted molar refractivity (Wildman–Crippen MR) is 82.4 cm³/mol. The number of nitrogens with zero attached hydrogens (tertiary/aromatic N) is 1. The maximum atomic E-state index is 9.34. The molecule has 1 aromatic carbocycles. The summed E-state index contributed by atoms with van der Waals surface area (Å²) >= 11 is 7.84. The van der Waals surface area contributed by atoms with Crippen molar-refractivity contribution in [3.8, 4) is 6.07 Å². The summed E-state index contributed by atoms with van der Waals surface area (Å²) < 4.78 is 0. The van der Waals surface area contributed by atoms with Crippen molar-refractivity contribution in [1.82, 2.24) is 5.32 Å². The summed E-state index contributed by atoms with van der Waals surface area (Å²) in [6.45, 7) is 0. The fraction of sp³-hybridized carbons (Fsp3) is 0.533. The zero-order valence-electron chi connectivity index (χ0n) is 11.2. The Labute approximate surface area is 124 Å². The molecule has 0 bridgehead atoms. The van der Waals surface area contributed by atoms with E-state index < -0.39 is 0 Å². The average Bonchev–Trinajstić information content (AvgIpc) is 2.47. The molecule has 0 heterocycles. The van der Waals surface area contributed by atoms with Gasteiger partial charge in [-0.25, -0.2) is 0 Å². The molecular weight excluding hydrogens is 276 g/mol. The highest BCUT2D eigenvalue weighted by molar-refractivity contribution is 7.99. The van der Waals surface area contributed by atoms with Crippen molar-refractivity contribution in [2.45, 2.75) is 42.2 Å². The molecule has 0 radical (unpaired) electrons. The Morgan fingerprint density at radius 1 is 1.47 bits per heavy atom. The monoisotopic (exact) mass is 294 g/mol. The second-order valence-corrected chi connectivity index (χ2v) is 6.82.